The summed E-state index contributed by atoms with van der Waals surface area (Å²) in [6, 6.07) is 0.329. The quantitative estimate of drug-likeness (QED) is 0.731. The van der Waals surface area contributed by atoms with Gasteiger partial charge in [-0.2, -0.15) is 11.8 Å². The van der Waals surface area contributed by atoms with Gasteiger partial charge < -0.3 is 5.32 Å². The van der Waals surface area contributed by atoms with Gasteiger partial charge in [0.2, 0.25) is 10.0 Å². The summed E-state index contributed by atoms with van der Waals surface area (Å²) < 4.78 is 24.6. The zero-order chi connectivity index (χ0) is 13.7. The van der Waals surface area contributed by atoms with E-state index < -0.39 is 10.0 Å². The van der Waals surface area contributed by atoms with Crippen LogP contribution in [0.2, 0.25) is 0 Å². The van der Waals surface area contributed by atoms with Gasteiger partial charge in [0.25, 0.3) is 0 Å². The number of nitrogens with one attached hydrogen (secondary N) is 1. The predicted molar refractivity (Wildman–Crippen MR) is 77.1 cm³/mol. The van der Waals surface area contributed by atoms with Crippen LogP contribution < -0.4 is 5.32 Å². The maximum absolute atomic E-state index is 11.5. The molecule has 0 heterocycles. The fraction of sp³-hybridized carbons (Fsp3) is 1.00. The zero-order valence-electron chi connectivity index (χ0n) is 11.8. The Morgan fingerprint density at radius 3 is 2.29 bits per heavy atom. The lowest BCUT2D eigenvalue weighted by atomic mass is 10.0. The van der Waals surface area contributed by atoms with Crippen molar-refractivity contribution in [3.63, 3.8) is 0 Å². The van der Waals surface area contributed by atoms with Gasteiger partial charge in [0.05, 0.1) is 5.75 Å². The molecule has 0 unspecified atom stereocenters. The maximum atomic E-state index is 11.5. The average Bonchev–Trinajstić information content (AvgIpc) is 2.16. The highest BCUT2D eigenvalue weighted by Gasteiger charge is 2.20. The van der Waals surface area contributed by atoms with Gasteiger partial charge in [0.15, 0.2) is 0 Å². The summed E-state index contributed by atoms with van der Waals surface area (Å²) >= 11 is 1.83. The van der Waals surface area contributed by atoms with Gasteiger partial charge in [-0.25, -0.2) is 12.7 Å². The van der Waals surface area contributed by atoms with Gasteiger partial charge in [-0.15, -0.1) is 0 Å². The van der Waals surface area contributed by atoms with Crippen LogP contribution in [0.4, 0.5) is 0 Å². The molecule has 0 rings (SSSR count). The molecule has 1 N–H and O–H groups in total. The smallest absolute Gasteiger partial charge is 0.214 e. The Bertz CT molecular complexity index is 313. The normalized spacial score (nSPS) is 15.2. The van der Waals surface area contributed by atoms with Crippen LogP contribution in [-0.4, -0.2) is 56.2 Å². The van der Waals surface area contributed by atoms with Crippen molar-refractivity contribution in [2.24, 2.45) is 0 Å². The Labute approximate surface area is 111 Å². The second-order valence-electron chi connectivity index (χ2n) is 5.12. The van der Waals surface area contributed by atoms with Gasteiger partial charge in [0.1, 0.15) is 0 Å². The SMILES string of the molecule is CSC(C)(C)C[C@H](C)NCCS(=O)(=O)N(C)C. The van der Waals surface area contributed by atoms with E-state index in [-0.39, 0.29) is 10.5 Å². The van der Waals surface area contributed by atoms with Crippen molar-refractivity contribution in [3.05, 3.63) is 0 Å². The van der Waals surface area contributed by atoms with Crippen LogP contribution in [0, 0.1) is 0 Å². The number of sulfonamides is 1. The summed E-state index contributed by atoms with van der Waals surface area (Å²) in [6.45, 7) is 7.01. The second kappa shape index (κ2) is 6.97. The fourth-order valence-corrected chi connectivity index (χ4v) is 2.67. The van der Waals surface area contributed by atoms with Gasteiger partial charge >= 0.3 is 0 Å². The lowest BCUT2D eigenvalue weighted by Crippen LogP contribution is -2.37. The molecule has 0 fully saturated rings. The van der Waals surface area contributed by atoms with E-state index >= 15 is 0 Å². The van der Waals surface area contributed by atoms with Gasteiger partial charge in [-0.3, -0.25) is 0 Å². The molecule has 4 nitrogen and oxygen atoms in total. The van der Waals surface area contributed by atoms with E-state index in [1.54, 1.807) is 14.1 Å². The number of rotatable bonds is 8. The second-order valence-corrected chi connectivity index (χ2v) is 8.94. The van der Waals surface area contributed by atoms with E-state index in [9.17, 15) is 8.42 Å². The molecule has 0 spiro atoms. The van der Waals surface area contributed by atoms with Crippen LogP contribution >= 0.6 is 11.8 Å². The molecule has 0 saturated heterocycles. The molecule has 0 bridgehead atoms. The predicted octanol–water partition coefficient (Wildman–Crippen LogP) is 1.39. The summed E-state index contributed by atoms with van der Waals surface area (Å²) in [5, 5.41) is 3.26. The van der Waals surface area contributed by atoms with Crippen LogP contribution in [0.5, 0.6) is 0 Å². The molecule has 0 aliphatic carbocycles. The first-order chi connectivity index (χ1) is 7.60. The number of nitrogens with zero attached hydrogens (tertiary/aromatic N) is 1. The monoisotopic (exact) mass is 282 g/mol. The van der Waals surface area contributed by atoms with Crippen molar-refractivity contribution >= 4 is 21.8 Å². The Hall–Kier alpha value is 0.220. The molecule has 17 heavy (non-hydrogen) atoms. The third kappa shape index (κ3) is 7.28. The Morgan fingerprint density at radius 2 is 1.88 bits per heavy atom. The molecule has 6 heteroatoms. The van der Waals surface area contributed by atoms with Crippen molar-refractivity contribution in [1.82, 2.24) is 9.62 Å². The first-order valence-corrected chi connectivity index (χ1v) is 8.63. The minimum Gasteiger partial charge on any atom is -0.313 e. The minimum absolute atomic E-state index is 0.157. The molecular weight excluding hydrogens is 256 g/mol. The third-order valence-corrected chi connectivity index (χ3v) is 5.86. The molecule has 0 amide bonds. The molecule has 0 aromatic carbocycles. The van der Waals surface area contributed by atoms with Crippen LogP contribution in [-0.2, 0) is 10.0 Å². The standard InChI is InChI=1S/C11H26N2O2S2/c1-10(9-11(2,3)16-6)12-7-8-17(14,15)13(4)5/h10,12H,7-9H2,1-6H3/t10-/m0/s1. The van der Waals surface area contributed by atoms with E-state index in [1.165, 1.54) is 4.31 Å². The Balaban J connectivity index is 3.99. The molecule has 0 aliphatic heterocycles. The highest BCUT2D eigenvalue weighted by molar-refractivity contribution is 7.99. The van der Waals surface area contributed by atoms with Crippen molar-refractivity contribution in [2.45, 2.75) is 38.0 Å². The molecule has 0 radical (unpaired) electrons. The molecule has 0 aromatic heterocycles. The van der Waals surface area contributed by atoms with Crippen LogP contribution in [0.3, 0.4) is 0 Å². The summed E-state index contributed by atoms with van der Waals surface area (Å²) in [5.41, 5.74) is 0. The van der Waals surface area contributed by atoms with E-state index in [0.29, 0.717) is 12.6 Å². The zero-order valence-corrected chi connectivity index (χ0v) is 13.4. The molecular formula is C11H26N2O2S2. The first kappa shape index (κ1) is 17.2. The minimum atomic E-state index is -3.08. The largest absolute Gasteiger partial charge is 0.313 e. The lowest BCUT2D eigenvalue weighted by Gasteiger charge is -2.26. The first-order valence-electron chi connectivity index (χ1n) is 5.79. The van der Waals surface area contributed by atoms with Gasteiger partial charge in [-0.1, -0.05) is 13.8 Å². The van der Waals surface area contributed by atoms with Crippen LogP contribution in [0.1, 0.15) is 27.2 Å². The van der Waals surface area contributed by atoms with Crippen molar-refractivity contribution < 1.29 is 8.42 Å². The topological polar surface area (TPSA) is 49.4 Å². The maximum Gasteiger partial charge on any atom is 0.214 e. The fourth-order valence-electron chi connectivity index (χ4n) is 1.51. The number of hydrogen-bond donors (Lipinski definition) is 1. The van der Waals surface area contributed by atoms with E-state index in [2.05, 4.69) is 32.3 Å². The van der Waals surface area contributed by atoms with Crippen molar-refractivity contribution in [2.75, 3.05) is 32.6 Å². The molecule has 0 aromatic rings. The van der Waals surface area contributed by atoms with Crippen LogP contribution in [0.25, 0.3) is 0 Å². The Morgan fingerprint density at radius 1 is 1.35 bits per heavy atom. The number of hydrogen-bond acceptors (Lipinski definition) is 4. The number of thioether (sulfide) groups is 1. The Kier molecular flexibility index (Phi) is 7.06. The van der Waals surface area contributed by atoms with E-state index in [0.717, 1.165) is 6.42 Å². The van der Waals surface area contributed by atoms with Gasteiger partial charge in [-0.05, 0) is 19.6 Å². The lowest BCUT2D eigenvalue weighted by molar-refractivity contribution is 0.471. The average molecular weight is 282 g/mol. The molecule has 0 aliphatic rings. The summed E-state index contributed by atoms with van der Waals surface area (Å²) in [5.74, 6) is 0.157. The summed E-state index contributed by atoms with van der Waals surface area (Å²) in [7, 11) is 0.0527. The van der Waals surface area contributed by atoms with Crippen molar-refractivity contribution in [1.29, 1.82) is 0 Å². The van der Waals surface area contributed by atoms with Crippen LogP contribution in [0.15, 0.2) is 0 Å². The van der Waals surface area contributed by atoms with E-state index in [1.807, 2.05) is 11.8 Å². The summed E-state index contributed by atoms with van der Waals surface area (Å²) in [4.78, 5) is 0. The highest BCUT2D eigenvalue weighted by Crippen LogP contribution is 2.26. The van der Waals surface area contributed by atoms with E-state index in [4.69, 9.17) is 0 Å². The highest BCUT2D eigenvalue weighted by atomic mass is 32.2. The summed E-state index contributed by atoms with van der Waals surface area (Å²) in [6.07, 6.45) is 3.12. The molecule has 104 valence electrons. The van der Waals surface area contributed by atoms with Gasteiger partial charge in [0, 0.05) is 31.4 Å². The molecule has 1 atom stereocenters. The third-order valence-electron chi connectivity index (χ3n) is 2.76. The molecule has 0 saturated carbocycles. The van der Waals surface area contributed by atoms with Crippen molar-refractivity contribution in [3.8, 4) is 0 Å².